The smallest absolute Gasteiger partial charge is 0.303 e. The predicted molar refractivity (Wildman–Crippen MR) is 74.6 cm³/mol. The Morgan fingerprint density at radius 2 is 1.85 bits per heavy atom. The Labute approximate surface area is 117 Å². The standard InChI is InChI=1S/C15H19NO4/c17-14(18)6-3-11-1-4-13(5-2-11)16-15(19)12-7-9-20-10-8-12/h1-2,4-5,12H,3,6-10H2,(H,16,19)(H,17,18). The van der Waals surface area contributed by atoms with Gasteiger partial charge in [0, 0.05) is 31.2 Å². The molecule has 20 heavy (non-hydrogen) atoms. The number of aryl methyl sites for hydroxylation is 1. The topological polar surface area (TPSA) is 75.6 Å². The van der Waals surface area contributed by atoms with E-state index in [-0.39, 0.29) is 18.2 Å². The first-order valence-corrected chi connectivity index (χ1v) is 6.84. The molecule has 0 aromatic heterocycles. The largest absolute Gasteiger partial charge is 0.481 e. The first-order chi connectivity index (χ1) is 9.65. The SMILES string of the molecule is O=C(O)CCc1ccc(NC(=O)C2CCOCC2)cc1. The second-order valence-corrected chi connectivity index (χ2v) is 4.97. The minimum atomic E-state index is -0.804. The average Bonchev–Trinajstić information content (AvgIpc) is 2.47. The van der Waals surface area contributed by atoms with E-state index in [1.807, 2.05) is 24.3 Å². The van der Waals surface area contributed by atoms with Crippen LogP contribution in [-0.4, -0.2) is 30.2 Å². The fraction of sp³-hybridized carbons (Fsp3) is 0.467. The van der Waals surface area contributed by atoms with E-state index in [1.165, 1.54) is 0 Å². The number of benzene rings is 1. The van der Waals surface area contributed by atoms with Crippen LogP contribution in [0.2, 0.25) is 0 Å². The van der Waals surface area contributed by atoms with Crippen LogP contribution in [0, 0.1) is 5.92 Å². The lowest BCUT2D eigenvalue weighted by Gasteiger charge is -2.21. The van der Waals surface area contributed by atoms with E-state index in [0.29, 0.717) is 19.6 Å². The van der Waals surface area contributed by atoms with Crippen molar-refractivity contribution in [3.8, 4) is 0 Å². The lowest BCUT2D eigenvalue weighted by Crippen LogP contribution is -2.28. The summed E-state index contributed by atoms with van der Waals surface area (Å²) < 4.78 is 5.23. The molecule has 1 heterocycles. The molecule has 0 saturated carbocycles. The molecule has 1 aromatic carbocycles. The second kappa shape index (κ2) is 7.05. The van der Waals surface area contributed by atoms with Gasteiger partial charge in [-0.25, -0.2) is 0 Å². The van der Waals surface area contributed by atoms with Gasteiger partial charge in [0.15, 0.2) is 0 Å². The molecule has 2 N–H and O–H groups in total. The third-order valence-corrected chi connectivity index (χ3v) is 3.44. The van der Waals surface area contributed by atoms with Gasteiger partial charge in [-0.2, -0.15) is 0 Å². The third-order valence-electron chi connectivity index (χ3n) is 3.44. The van der Waals surface area contributed by atoms with Crippen LogP contribution in [0.3, 0.4) is 0 Å². The van der Waals surface area contributed by atoms with Gasteiger partial charge < -0.3 is 15.2 Å². The summed E-state index contributed by atoms with van der Waals surface area (Å²) in [5.74, 6) is -0.746. The molecule has 0 radical (unpaired) electrons. The summed E-state index contributed by atoms with van der Waals surface area (Å²) in [6.45, 7) is 1.29. The zero-order chi connectivity index (χ0) is 14.4. The summed E-state index contributed by atoms with van der Waals surface area (Å²) in [6, 6.07) is 7.33. The van der Waals surface area contributed by atoms with Gasteiger partial charge in [-0.15, -0.1) is 0 Å². The number of rotatable bonds is 5. The molecule has 5 heteroatoms. The molecular formula is C15H19NO4. The van der Waals surface area contributed by atoms with Crippen LogP contribution in [0.15, 0.2) is 24.3 Å². The zero-order valence-corrected chi connectivity index (χ0v) is 11.3. The van der Waals surface area contributed by atoms with Gasteiger partial charge in [0.05, 0.1) is 0 Å². The molecule has 0 unspecified atom stereocenters. The third kappa shape index (κ3) is 4.35. The Morgan fingerprint density at radius 1 is 1.20 bits per heavy atom. The van der Waals surface area contributed by atoms with Crippen molar-refractivity contribution < 1.29 is 19.4 Å². The molecule has 5 nitrogen and oxygen atoms in total. The van der Waals surface area contributed by atoms with Crippen molar-refractivity contribution in [1.82, 2.24) is 0 Å². The number of aliphatic carboxylic acids is 1. The summed E-state index contributed by atoms with van der Waals surface area (Å²) in [5, 5.41) is 11.5. The first-order valence-electron chi connectivity index (χ1n) is 6.84. The molecule has 0 aliphatic carbocycles. The molecule has 108 valence electrons. The van der Waals surface area contributed by atoms with E-state index < -0.39 is 5.97 Å². The fourth-order valence-corrected chi connectivity index (χ4v) is 2.21. The highest BCUT2D eigenvalue weighted by Crippen LogP contribution is 2.18. The molecule has 0 atom stereocenters. The molecule has 0 bridgehead atoms. The Morgan fingerprint density at radius 3 is 2.45 bits per heavy atom. The van der Waals surface area contributed by atoms with Crippen LogP contribution < -0.4 is 5.32 Å². The van der Waals surface area contributed by atoms with E-state index >= 15 is 0 Å². The molecule has 1 aliphatic heterocycles. The Bertz CT molecular complexity index is 463. The van der Waals surface area contributed by atoms with E-state index in [9.17, 15) is 9.59 Å². The lowest BCUT2D eigenvalue weighted by atomic mass is 9.99. The second-order valence-electron chi connectivity index (χ2n) is 4.97. The Balaban J connectivity index is 1.86. The predicted octanol–water partition coefficient (Wildman–Crippen LogP) is 2.07. The van der Waals surface area contributed by atoms with Crippen LogP contribution in [0.25, 0.3) is 0 Å². The van der Waals surface area contributed by atoms with Gasteiger partial charge >= 0.3 is 5.97 Å². The normalized spacial score (nSPS) is 15.8. The van der Waals surface area contributed by atoms with Gasteiger partial charge in [-0.1, -0.05) is 12.1 Å². The van der Waals surface area contributed by atoms with Crippen molar-refractivity contribution in [3.63, 3.8) is 0 Å². The maximum Gasteiger partial charge on any atom is 0.303 e. The molecule has 1 saturated heterocycles. The lowest BCUT2D eigenvalue weighted by molar-refractivity contribution is -0.137. The number of hydrogen-bond acceptors (Lipinski definition) is 3. The molecule has 2 rings (SSSR count). The highest BCUT2D eigenvalue weighted by Gasteiger charge is 2.21. The van der Waals surface area contributed by atoms with Crippen molar-refractivity contribution in [3.05, 3.63) is 29.8 Å². The maximum absolute atomic E-state index is 12.0. The molecule has 1 aliphatic rings. The summed E-state index contributed by atoms with van der Waals surface area (Å²) >= 11 is 0. The summed E-state index contributed by atoms with van der Waals surface area (Å²) in [7, 11) is 0. The fourth-order valence-electron chi connectivity index (χ4n) is 2.21. The summed E-state index contributed by atoms with van der Waals surface area (Å²) in [6.07, 6.45) is 2.16. The molecular weight excluding hydrogens is 258 g/mol. The Hall–Kier alpha value is -1.88. The van der Waals surface area contributed by atoms with Gasteiger partial charge in [0.2, 0.25) is 5.91 Å². The number of carbonyl (C=O) groups is 2. The van der Waals surface area contributed by atoms with Crippen molar-refractivity contribution in [1.29, 1.82) is 0 Å². The van der Waals surface area contributed by atoms with Crippen LogP contribution in [0.5, 0.6) is 0 Å². The van der Waals surface area contributed by atoms with E-state index in [1.54, 1.807) is 0 Å². The van der Waals surface area contributed by atoms with Crippen LogP contribution in [-0.2, 0) is 20.7 Å². The molecule has 1 fully saturated rings. The molecule has 1 aromatic rings. The number of anilines is 1. The van der Waals surface area contributed by atoms with Crippen LogP contribution >= 0.6 is 0 Å². The number of nitrogens with one attached hydrogen (secondary N) is 1. The molecule has 1 amide bonds. The van der Waals surface area contributed by atoms with Crippen LogP contribution in [0.4, 0.5) is 5.69 Å². The van der Waals surface area contributed by atoms with Crippen molar-refractivity contribution in [2.24, 2.45) is 5.92 Å². The molecule has 0 spiro atoms. The highest BCUT2D eigenvalue weighted by molar-refractivity contribution is 5.92. The summed E-state index contributed by atoms with van der Waals surface area (Å²) in [4.78, 5) is 22.5. The van der Waals surface area contributed by atoms with Gasteiger partial charge in [0.25, 0.3) is 0 Å². The van der Waals surface area contributed by atoms with Crippen molar-refractivity contribution in [2.45, 2.75) is 25.7 Å². The monoisotopic (exact) mass is 277 g/mol. The van der Waals surface area contributed by atoms with Crippen molar-refractivity contribution >= 4 is 17.6 Å². The van der Waals surface area contributed by atoms with Gasteiger partial charge in [-0.3, -0.25) is 9.59 Å². The number of ether oxygens (including phenoxy) is 1. The maximum atomic E-state index is 12.0. The minimum absolute atomic E-state index is 0.0236. The quantitative estimate of drug-likeness (QED) is 0.864. The number of carbonyl (C=O) groups excluding carboxylic acids is 1. The highest BCUT2D eigenvalue weighted by atomic mass is 16.5. The minimum Gasteiger partial charge on any atom is -0.481 e. The first kappa shape index (κ1) is 14.5. The average molecular weight is 277 g/mol. The van der Waals surface area contributed by atoms with E-state index in [4.69, 9.17) is 9.84 Å². The van der Waals surface area contributed by atoms with Gasteiger partial charge in [0.1, 0.15) is 0 Å². The Kier molecular flexibility index (Phi) is 5.12. The van der Waals surface area contributed by atoms with Gasteiger partial charge in [-0.05, 0) is 37.0 Å². The van der Waals surface area contributed by atoms with Crippen LogP contribution in [0.1, 0.15) is 24.8 Å². The number of amides is 1. The van der Waals surface area contributed by atoms with Crippen molar-refractivity contribution in [2.75, 3.05) is 18.5 Å². The van der Waals surface area contributed by atoms with E-state index in [0.717, 1.165) is 24.1 Å². The number of hydrogen-bond donors (Lipinski definition) is 2. The van der Waals surface area contributed by atoms with E-state index in [2.05, 4.69) is 5.32 Å². The summed E-state index contributed by atoms with van der Waals surface area (Å²) in [5.41, 5.74) is 1.71. The number of carboxylic acids is 1. The number of carboxylic acid groups (broad SMARTS) is 1. The zero-order valence-electron chi connectivity index (χ0n) is 11.3.